The number of rotatable bonds is 4. The third-order valence-corrected chi connectivity index (χ3v) is 2.74. The third kappa shape index (κ3) is 2.91. The Morgan fingerprint density at radius 1 is 1.32 bits per heavy atom. The number of aromatic nitrogens is 1. The van der Waals surface area contributed by atoms with Crippen LogP contribution < -0.4 is 4.74 Å². The first-order chi connectivity index (χ1) is 9.11. The minimum Gasteiger partial charge on any atom is -0.492 e. The minimum absolute atomic E-state index is 0.265. The molecule has 0 saturated carbocycles. The number of hydrogen-bond acceptors (Lipinski definition) is 3. The maximum atomic E-state index is 11.3. The molecule has 0 aliphatic carbocycles. The summed E-state index contributed by atoms with van der Waals surface area (Å²) in [4.78, 5) is 15.4. The Kier molecular flexibility index (Phi) is 3.80. The first-order valence-corrected chi connectivity index (χ1v) is 6.04. The van der Waals surface area contributed by atoms with Crippen LogP contribution in [0.2, 0.25) is 0 Å². The Hall–Kier alpha value is -2.36. The van der Waals surface area contributed by atoms with Gasteiger partial charge >= 0.3 is 5.97 Å². The number of hydrogen-bond donors (Lipinski definition) is 1. The summed E-state index contributed by atoms with van der Waals surface area (Å²) >= 11 is 0. The lowest BCUT2D eigenvalue weighted by Gasteiger charge is -2.09. The van der Waals surface area contributed by atoms with Gasteiger partial charge in [0.2, 0.25) is 0 Å². The van der Waals surface area contributed by atoms with Crippen molar-refractivity contribution in [2.24, 2.45) is 0 Å². The molecule has 0 fully saturated rings. The van der Waals surface area contributed by atoms with Gasteiger partial charge in [-0.15, -0.1) is 0 Å². The summed E-state index contributed by atoms with van der Waals surface area (Å²) in [6, 6.07) is 7.04. The molecule has 0 unspecified atom stereocenters. The molecule has 1 aromatic carbocycles. The lowest BCUT2D eigenvalue weighted by Crippen LogP contribution is -2.00. The molecule has 0 bridgehead atoms. The quantitative estimate of drug-likeness (QED) is 0.914. The van der Waals surface area contributed by atoms with Crippen LogP contribution in [0.5, 0.6) is 5.75 Å². The van der Waals surface area contributed by atoms with Crippen LogP contribution in [-0.2, 0) is 0 Å². The highest BCUT2D eigenvalue weighted by Crippen LogP contribution is 2.27. The molecule has 98 valence electrons. The SMILES string of the molecule is CCOc1cncc(-c2cc(C)ccc2C(=O)O)c1. The second-order valence-electron chi connectivity index (χ2n) is 4.20. The van der Waals surface area contributed by atoms with E-state index in [1.165, 1.54) is 0 Å². The van der Waals surface area contributed by atoms with E-state index in [1.807, 2.05) is 19.9 Å². The predicted molar refractivity (Wildman–Crippen MR) is 72.5 cm³/mol. The van der Waals surface area contributed by atoms with Crippen LogP contribution in [0, 0.1) is 6.92 Å². The zero-order valence-electron chi connectivity index (χ0n) is 10.9. The number of aryl methyl sites for hydroxylation is 1. The van der Waals surface area contributed by atoms with Gasteiger partial charge in [-0.1, -0.05) is 17.7 Å². The molecular weight excluding hydrogens is 242 g/mol. The largest absolute Gasteiger partial charge is 0.492 e. The zero-order chi connectivity index (χ0) is 13.8. The fourth-order valence-electron chi connectivity index (χ4n) is 1.90. The van der Waals surface area contributed by atoms with Crippen molar-refractivity contribution in [3.63, 3.8) is 0 Å². The molecule has 1 aromatic heterocycles. The van der Waals surface area contributed by atoms with Crippen LogP contribution in [0.1, 0.15) is 22.8 Å². The van der Waals surface area contributed by atoms with Crippen molar-refractivity contribution in [2.45, 2.75) is 13.8 Å². The predicted octanol–water partition coefficient (Wildman–Crippen LogP) is 3.15. The first-order valence-electron chi connectivity index (χ1n) is 6.04. The standard InChI is InChI=1S/C15H15NO3/c1-3-19-12-7-11(8-16-9-12)14-6-10(2)4-5-13(14)15(17)18/h4-9H,3H2,1-2H3,(H,17,18). The smallest absolute Gasteiger partial charge is 0.336 e. The summed E-state index contributed by atoms with van der Waals surface area (Å²) in [6.45, 7) is 4.36. The molecule has 19 heavy (non-hydrogen) atoms. The second kappa shape index (κ2) is 5.52. The third-order valence-electron chi connectivity index (χ3n) is 2.74. The van der Waals surface area contributed by atoms with E-state index in [0.717, 1.165) is 11.1 Å². The van der Waals surface area contributed by atoms with E-state index in [1.54, 1.807) is 30.6 Å². The van der Waals surface area contributed by atoms with Gasteiger partial charge in [0, 0.05) is 11.8 Å². The zero-order valence-corrected chi connectivity index (χ0v) is 10.9. The summed E-state index contributed by atoms with van der Waals surface area (Å²) in [5.41, 5.74) is 2.66. The van der Waals surface area contributed by atoms with Crippen LogP contribution in [0.4, 0.5) is 0 Å². The number of benzene rings is 1. The van der Waals surface area contributed by atoms with Crippen molar-refractivity contribution in [1.82, 2.24) is 4.98 Å². The Morgan fingerprint density at radius 3 is 2.79 bits per heavy atom. The Bertz CT molecular complexity index is 608. The monoisotopic (exact) mass is 257 g/mol. The average Bonchev–Trinajstić information content (AvgIpc) is 2.39. The topological polar surface area (TPSA) is 59.4 Å². The van der Waals surface area contributed by atoms with Crippen molar-refractivity contribution in [1.29, 1.82) is 0 Å². The number of aromatic carboxylic acids is 1. The normalized spacial score (nSPS) is 10.2. The number of carboxylic acid groups (broad SMARTS) is 1. The van der Waals surface area contributed by atoms with Gasteiger partial charge in [-0.2, -0.15) is 0 Å². The molecule has 1 heterocycles. The van der Waals surface area contributed by atoms with Crippen LogP contribution in [-0.4, -0.2) is 22.7 Å². The molecule has 4 nitrogen and oxygen atoms in total. The van der Waals surface area contributed by atoms with Crippen molar-refractivity contribution >= 4 is 5.97 Å². The van der Waals surface area contributed by atoms with E-state index < -0.39 is 5.97 Å². The molecule has 2 aromatic rings. The number of carbonyl (C=O) groups is 1. The highest BCUT2D eigenvalue weighted by atomic mass is 16.5. The molecule has 0 atom stereocenters. The summed E-state index contributed by atoms with van der Waals surface area (Å²) in [7, 11) is 0. The van der Waals surface area contributed by atoms with Gasteiger partial charge in [0.1, 0.15) is 5.75 Å². The fourth-order valence-corrected chi connectivity index (χ4v) is 1.90. The Morgan fingerprint density at radius 2 is 2.11 bits per heavy atom. The van der Waals surface area contributed by atoms with E-state index in [0.29, 0.717) is 17.9 Å². The first kappa shape index (κ1) is 13.1. The van der Waals surface area contributed by atoms with E-state index in [9.17, 15) is 9.90 Å². The minimum atomic E-state index is -0.947. The van der Waals surface area contributed by atoms with Gasteiger partial charge in [-0.3, -0.25) is 4.98 Å². The highest BCUT2D eigenvalue weighted by Gasteiger charge is 2.12. The molecule has 0 saturated heterocycles. The van der Waals surface area contributed by atoms with Crippen molar-refractivity contribution in [2.75, 3.05) is 6.61 Å². The van der Waals surface area contributed by atoms with Gasteiger partial charge in [0.25, 0.3) is 0 Å². The molecule has 0 amide bonds. The second-order valence-corrected chi connectivity index (χ2v) is 4.20. The molecule has 0 aliphatic heterocycles. The van der Waals surface area contributed by atoms with E-state index in [4.69, 9.17) is 4.74 Å². The maximum absolute atomic E-state index is 11.3. The number of nitrogens with zero attached hydrogens (tertiary/aromatic N) is 1. The van der Waals surface area contributed by atoms with Crippen LogP contribution in [0.25, 0.3) is 11.1 Å². The summed E-state index contributed by atoms with van der Waals surface area (Å²) in [5.74, 6) is -0.311. The van der Waals surface area contributed by atoms with Crippen LogP contribution in [0.3, 0.4) is 0 Å². The number of pyridine rings is 1. The molecule has 0 aliphatic rings. The average molecular weight is 257 g/mol. The molecule has 1 N–H and O–H groups in total. The van der Waals surface area contributed by atoms with Gasteiger partial charge in [-0.05, 0) is 31.5 Å². The van der Waals surface area contributed by atoms with Crippen LogP contribution in [0.15, 0.2) is 36.7 Å². The van der Waals surface area contributed by atoms with E-state index in [-0.39, 0.29) is 5.56 Å². The summed E-state index contributed by atoms with van der Waals surface area (Å²) < 4.78 is 5.39. The number of carboxylic acids is 1. The Balaban J connectivity index is 2.54. The molecule has 0 radical (unpaired) electrons. The number of ether oxygens (including phenoxy) is 1. The molecule has 2 rings (SSSR count). The van der Waals surface area contributed by atoms with Crippen molar-refractivity contribution < 1.29 is 14.6 Å². The summed E-state index contributed by atoms with van der Waals surface area (Å²) in [6.07, 6.45) is 3.26. The molecular formula is C15H15NO3. The van der Waals surface area contributed by atoms with Crippen molar-refractivity contribution in [3.05, 3.63) is 47.8 Å². The highest BCUT2D eigenvalue weighted by molar-refractivity contribution is 5.96. The van der Waals surface area contributed by atoms with E-state index in [2.05, 4.69) is 4.98 Å². The molecule has 4 heteroatoms. The van der Waals surface area contributed by atoms with Gasteiger partial charge < -0.3 is 9.84 Å². The summed E-state index contributed by atoms with van der Waals surface area (Å²) in [5, 5.41) is 9.24. The van der Waals surface area contributed by atoms with Crippen LogP contribution >= 0.6 is 0 Å². The maximum Gasteiger partial charge on any atom is 0.336 e. The van der Waals surface area contributed by atoms with E-state index >= 15 is 0 Å². The Labute approximate surface area is 111 Å². The van der Waals surface area contributed by atoms with Crippen molar-refractivity contribution in [3.8, 4) is 16.9 Å². The fraction of sp³-hybridized carbons (Fsp3) is 0.200. The molecule has 0 spiro atoms. The van der Waals surface area contributed by atoms with Gasteiger partial charge in [0.05, 0.1) is 18.4 Å². The van der Waals surface area contributed by atoms with Gasteiger partial charge in [-0.25, -0.2) is 4.79 Å². The van der Waals surface area contributed by atoms with Gasteiger partial charge in [0.15, 0.2) is 0 Å². The lowest BCUT2D eigenvalue weighted by molar-refractivity contribution is 0.0697. The lowest BCUT2D eigenvalue weighted by atomic mass is 9.99.